The molecule has 0 aliphatic heterocycles. The Morgan fingerprint density at radius 1 is 1.22 bits per heavy atom. The molecule has 1 amide bonds. The van der Waals surface area contributed by atoms with Crippen molar-refractivity contribution in [2.75, 3.05) is 26.1 Å². The van der Waals surface area contributed by atoms with Gasteiger partial charge in [0.2, 0.25) is 5.91 Å². The van der Waals surface area contributed by atoms with Crippen molar-refractivity contribution in [3.8, 4) is 11.5 Å². The fourth-order valence-electron chi connectivity index (χ4n) is 2.93. The summed E-state index contributed by atoms with van der Waals surface area (Å²) in [5.74, 6) is 1.20. The predicted molar refractivity (Wildman–Crippen MR) is 107 cm³/mol. The average molecular weight is 374 g/mol. The molecular formula is C20H30N4O3. The van der Waals surface area contributed by atoms with Gasteiger partial charge in [-0.05, 0) is 51.9 Å². The van der Waals surface area contributed by atoms with Crippen molar-refractivity contribution in [2.24, 2.45) is 0 Å². The molecule has 0 saturated heterocycles. The number of nitrogens with one attached hydrogen (secondary N) is 2. The van der Waals surface area contributed by atoms with Gasteiger partial charge in [-0.25, -0.2) is 0 Å². The van der Waals surface area contributed by atoms with Crippen molar-refractivity contribution in [3.63, 3.8) is 0 Å². The van der Waals surface area contributed by atoms with Gasteiger partial charge in [-0.3, -0.25) is 9.48 Å². The van der Waals surface area contributed by atoms with Gasteiger partial charge in [0.1, 0.15) is 11.5 Å². The molecule has 0 aliphatic carbocycles. The molecule has 0 fully saturated rings. The Balaban J connectivity index is 1.74. The summed E-state index contributed by atoms with van der Waals surface area (Å²) in [4.78, 5) is 12.3. The van der Waals surface area contributed by atoms with Crippen LogP contribution in [-0.4, -0.2) is 42.5 Å². The Kier molecular flexibility index (Phi) is 7.67. The minimum absolute atomic E-state index is 0.0583. The van der Waals surface area contributed by atoms with Crippen LogP contribution < -0.4 is 20.1 Å². The predicted octanol–water partition coefficient (Wildman–Crippen LogP) is 2.91. The van der Waals surface area contributed by atoms with Gasteiger partial charge in [-0.15, -0.1) is 0 Å². The van der Waals surface area contributed by atoms with E-state index in [-0.39, 0.29) is 11.9 Å². The Hall–Kier alpha value is -2.54. The molecule has 0 spiro atoms. The first-order valence-corrected chi connectivity index (χ1v) is 9.19. The Morgan fingerprint density at radius 2 is 2.00 bits per heavy atom. The lowest BCUT2D eigenvalue weighted by Crippen LogP contribution is -2.31. The summed E-state index contributed by atoms with van der Waals surface area (Å²) in [6.45, 7) is 7.77. The maximum Gasteiger partial charge on any atom is 0.226 e. The molecular weight excluding hydrogens is 344 g/mol. The van der Waals surface area contributed by atoms with E-state index < -0.39 is 0 Å². The molecule has 2 aromatic rings. The van der Waals surface area contributed by atoms with Crippen molar-refractivity contribution in [1.82, 2.24) is 15.1 Å². The van der Waals surface area contributed by atoms with E-state index >= 15 is 0 Å². The molecule has 2 rings (SSSR count). The molecule has 7 nitrogen and oxygen atoms in total. The van der Waals surface area contributed by atoms with E-state index in [0.29, 0.717) is 23.6 Å². The van der Waals surface area contributed by atoms with Crippen LogP contribution in [0, 0.1) is 13.8 Å². The third-order valence-electron chi connectivity index (χ3n) is 4.32. The molecule has 0 saturated carbocycles. The van der Waals surface area contributed by atoms with E-state index in [9.17, 15) is 4.79 Å². The van der Waals surface area contributed by atoms with E-state index in [0.717, 1.165) is 25.2 Å². The van der Waals surface area contributed by atoms with Gasteiger partial charge in [-0.2, -0.15) is 5.10 Å². The first-order valence-electron chi connectivity index (χ1n) is 9.19. The zero-order chi connectivity index (χ0) is 19.8. The lowest BCUT2D eigenvalue weighted by Gasteiger charge is -2.15. The van der Waals surface area contributed by atoms with Crippen LogP contribution in [-0.2, 0) is 11.3 Å². The summed E-state index contributed by atoms with van der Waals surface area (Å²) in [6, 6.07) is 7.47. The minimum Gasteiger partial charge on any atom is -0.497 e. The number of carbonyl (C=O) groups is 1. The first kappa shape index (κ1) is 20.8. The third kappa shape index (κ3) is 6.29. The number of aromatic nitrogens is 2. The lowest BCUT2D eigenvalue weighted by atomic mass is 10.2. The van der Waals surface area contributed by atoms with Crippen molar-refractivity contribution < 1.29 is 14.3 Å². The Morgan fingerprint density at radius 3 is 2.63 bits per heavy atom. The monoisotopic (exact) mass is 374 g/mol. The van der Waals surface area contributed by atoms with Crippen LogP contribution in [0.1, 0.15) is 31.2 Å². The van der Waals surface area contributed by atoms with Gasteiger partial charge in [0.05, 0.1) is 25.6 Å². The standard InChI is InChI=1S/C20H30N4O3/c1-14(21-9-6-10-24-16(3)11-15(2)23-24)12-20(25)22-18-8-7-17(26-4)13-19(18)27-5/h7-8,11,13-14,21H,6,9-10,12H2,1-5H3,(H,22,25). The van der Waals surface area contributed by atoms with Gasteiger partial charge in [0.25, 0.3) is 0 Å². The zero-order valence-corrected chi connectivity index (χ0v) is 16.8. The van der Waals surface area contributed by atoms with Crippen LogP contribution in [0.4, 0.5) is 5.69 Å². The quantitative estimate of drug-likeness (QED) is 0.625. The summed E-state index contributed by atoms with van der Waals surface area (Å²) in [6.07, 6.45) is 1.34. The number of amides is 1. The van der Waals surface area contributed by atoms with Crippen LogP contribution in [0.15, 0.2) is 24.3 Å². The van der Waals surface area contributed by atoms with Crippen LogP contribution in [0.3, 0.4) is 0 Å². The molecule has 1 unspecified atom stereocenters. The largest absolute Gasteiger partial charge is 0.497 e. The number of ether oxygens (including phenoxy) is 2. The number of hydrogen-bond acceptors (Lipinski definition) is 5. The molecule has 0 aliphatic rings. The maximum absolute atomic E-state index is 12.3. The van der Waals surface area contributed by atoms with E-state index in [2.05, 4.69) is 28.7 Å². The van der Waals surface area contributed by atoms with Gasteiger partial charge in [-0.1, -0.05) is 0 Å². The highest BCUT2D eigenvalue weighted by Gasteiger charge is 2.12. The first-order chi connectivity index (χ1) is 12.9. The number of anilines is 1. The number of rotatable bonds is 10. The summed E-state index contributed by atoms with van der Waals surface area (Å²) < 4.78 is 12.5. The van der Waals surface area contributed by atoms with E-state index in [1.807, 2.05) is 18.5 Å². The molecule has 1 aromatic heterocycles. The zero-order valence-electron chi connectivity index (χ0n) is 16.8. The average Bonchev–Trinajstić information content (AvgIpc) is 2.96. The van der Waals surface area contributed by atoms with Gasteiger partial charge < -0.3 is 20.1 Å². The summed E-state index contributed by atoms with van der Waals surface area (Å²) in [5, 5.41) is 10.7. The van der Waals surface area contributed by atoms with Crippen LogP contribution in [0.2, 0.25) is 0 Å². The number of carbonyl (C=O) groups excluding carboxylic acids is 1. The van der Waals surface area contributed by atoms with Gasteiger partial charge in [0, 0.05) is 30.8 Å². The second-order valence-electron chi connectivity index (χ2n) is 6.68. The fraction of sp³-hybridized carbons (Fsp3) is 0.500. The van der Waals surface area contributed by atoms with Crippen LogP contribution in [0.5, 0.6) is 11.5 Å². The summed E-state index contributed by atoms with van der Waals surface area (Å²) in [7, 11) is 3.16. The minimum atomic E-state index is -0.0583. The molecule has 2 N–H and O–H groups in total. The van der Waals surface area contributed by atoms with E-state index in [4.69, 9.17) is 9.47 Å². The van der Waals surface area contributed by atoms with Gasteiger partial charge in [0.15, 0.2) is 0 Å². The Labute approximate surface area is 161 Å². The molecule has 1 aromatic carbocycles. The van der Waals surface area contributed by atoms with Crippen molar-refractivity contribution >= 4 is 11.6 Å². The van der Waals surface area contributed by atoms with E-state index in [1.165, 1.54) is 5.69 Å². The smallest absolute Gasteiger partial charge is 0.226 e. The molecule has 7 heteroatoms. The second kappa shape index (κ2) is 9.97. The van der Waals surface area contributed by atoms with Gasteiger partial charge >= 0.3 is 0 Å². The van der Waals surface area contributed by atoms with Crippen molar-refractivity contribution in [2.45, 2.75) is 46.2 Å². The Bertz CT molecular complexity index is 758. The fourth-order valence-corrected chi connectivity index (χ4v) is 2.93. The highest BCUT2D eigenvalue weighted by molar-refractivity contribution is 5.92. The van der Waals surface area contributed by atoms with Crippen molar-refractivity contribution in [1.29, 1.82) is 0 Å². The normalized spacial score (nSPS) is 11.9. The SMILES string of the molecule is COc1ccc(NC(=O)CC(C)NCCCn2nc(C)cc2C)c(OC)c1. The topological polar surface area (TPSA) is 77.4 Å². The second-order valence-corrected chi connectivity index (χ2v) is 6.68. The molecule has 27 heavy (non-hydrogen) atoms. The number of methoxy groups -OCH3 is 2. The molecule has 1 heterocycles. The van der Waals surface area contributed by atoms with Crippen LogP contribution >= 0.6 is 0 Å². The maximum atomic E-state index is 12.3. The molecule has 148 valence electrons. The van der Waals surface area contributed by atoms with Crippen LogP contribution in [0.25, 0.3) is 0 Å². The number of nitrogens with zero attached hydrogens (tertiary/aromatic N) is 2. The number of benzene rings is 1. The molecule has 0 radical (unpaired) electrons. The lowest BCUT2D eigenvalue weighted by molar-refractivity contribution is -0.116. The van der Waals surface area contributed by atoms with E-state index in [1.54, 1.807) is 32.4 Å². The third-order valence-corrected chi connectivity index (χ3v) is 4.32. The molecule has 1 atom stereocenters. The summed E-state index contributed by atoms with van der Waals surface area (Å²) >= 11 is 0. The number of hydrogen-bond donors (Lipinski definition) is 2. The number of aryl methyl sites for hydroxylation is 3. The molecule has 0 bridgehead atoms. The summed E-state index contributed by atoms with van der Waals surface area (Å²) in [5.41, 5.74) is 2.85. The van der Waals surface area contributed by atoms with Crippen molar-refractivity contribution in [3.05, 3.63) is 35.7 Å². The highest BCUT2D eigenvalue weighted by atomic mass is 16.5. The highest BCUT2D eigenvalue weighted by Crippen LogP contribution is 2.29.